The molecule has 3 N–H and O–H groups in total. The number of para-hydroxylation sites is 1. The summed E-state index contributed by atoms with van der Waals surface area (Å²) in [5.74, 6) is -1.07. The highest BCUT2D eigenvalue weighted by Crippen LogP contribution is 2.16. The van der Waals surface area contributed by atoms with Crippen molar-refractivity contribution in [2.24, 2.45) is 0 Å². The maximum atomic E-state index is 11.4. The molecule has 0 heterocycles. The number of hydrogen-bond donors (Lipinski definition) is 3. The van der Waals surface area contributed by atoms with Gasteiger partial charge in [0.2, 0.25) is 0 Å². The largest absolute Gasteiger partial charge is 0.480 e. The summed E-state index contributed by atoms with van der Waals surface area (Å²) >= 11 is 2.08. The van der Waals surface area contributed by atoms with Crippen LogP contribution in [0.5, 0.6) is 0 Å². The average Bonchev–Trinajstić information content (AvgIpc) is 2.21. The van der Waals surface area contributed by atoms with Gasteiger partial charge >= 0.3 is 12.0 Å². The van der Waals surface area contributed by atoms with Gasteiger partial charge in [0.1, 0.15) is 6.04 Å². The van der Waals surface area contributed by atoms with Gasteiger partial charge in [-0.3, -0.25) is 4.79 Å². The van der Waals surface area contributed by atoms with Crippen LogP contribution in [0.25, 0.3) is 0 Å². The van der Waals surface area contributed by atoms with Crippen LogP contribution >= 0.6 is 22.6 Å². The van der Waals surface area contributed by atoms with E-state index in [-0.39, 0.29) is 0 Å². The standard InChI is InChI=1S/C10H11IN2O3/c1-6(9(14)15)12-10(16)13-8-5-3-2-4-7(8)11/h2-6H,1H3,(H,14,15)(H2,12,13,16)/t6-/m1/s1. The molecule has 1 aromatic carbocycles. The Hall–Kier alpha value is -1.31. The van der Waals surface area contributed by atoms with Crippen molar-refractivity contribution in [3.8, 4) is 0 Å². The maximum Gasteiger partial charge on any atom is 0.325 e. The van der Waals surface area contributed by atoms with Crippen molar-refractivity contribution in [1.29, 1.82) is 0 Å². The Morgan fingerprint density at radius 3 is 2.56 bits per heavy atom. The predicted octanol–water partition coefficient (Wildman–Crippen LogP) is 1.89. The maximum absolute atomic E-state index is 11.4. The Morgan fingerprint density at radius 2 is 2.00 bits per heavy atom. The van der Waals surface area contributed by atoms with Gasteiger partial charge < -0.3 is 15.7 Å². The number of urea groups is 1. The first-order valence-corrected chi connectivity index (χ1v) is 5.63. The molecule has 1 rings (SSSR count). The molecule has 0 spiro atoms. The van der Waals surface area contributed by atoms with E-state index in [4.69, 9.17) is 5.11 Å². The van der Waals surface area contributed by atoms with E-state index in [2.05, 4.69) is 33.2 Å². The molecule has 0 saturated carbocycles. The molecule has 2 amide bonds. The lowest BCUT2D eigenvalue weighted by atomic mass is 10.3. The molecular formula is C10H11IN2O3. The lowest BCUT2D eigenvalue weighted by Gasteiger charge is -2.11. The van der Waals surface area contributed by atoms with Crippen molar-refractivity contribution < 1.29 is 14.7 Å². The zero-order valence-corrected chi connectivity index (χ0v) is 10.7. The smallest absolute Gasteiger partial charge is 0.325 e. The Bertz CT molecular complexity index is 409. The van der Waals surface area contributed by atoms with Crippen LogP contribution < -0.4 is 10.6 Å². The second-order valence-corrected chi connectivity index (χ2v) is 4.30. The van der Waals surface area contributed by atoms with Gasteiger partial charge in [0.05, 0.1) is 5.69 Å². The van der Waals surface area contributed by atoms with Crippen molar-refractivity contribution in [3.05, 3.63) is 27.8 Å². The van der Waals surface area contributed by atoms with Crippen molar-refractivity contribution in [2.75, 3.05) is 5.32 Å². The molecule has 5 nitrogen and oxygen atoms in total. The first kappa shape index (κ1) is 12.8. The van der Waals surface area contributed by atoms with Gasteiger partial charge in [0.15, 0.2) is 0 Å². The van der Waals surface area contributed by atoms with Crippen LogP contribution in [0.15, 0.2) is 24.3 Å². The summed E-state index contributed by atoms with van der Waals surface area (Å²) in [4.78, 5) is 21.9. The first-order valence-electron chi connectivity index (χ1n) is 4.55. The first-order chi connectivity index (χ1) is 7.50. The Balaban J connectivity index is 2.59. The second-order valence-electron chi connectivity index (χ2n) is 3.14. The zero-order valence-electron chi connectivity index (χ0n) is 8.53. The van der Waals surface area contributed by atoms with Crippen molar-refractivity contribution in [1.82, 2.24) is 5.32 Å². The van der Waals surface area contributed by atoms with Crippen LogP contribution in [0.4, 0.5) is 10.5 Å². The van der Waals surface area contributed by atoms with Crippen LogP contribution in [0.3, 0.4) is 0 Å². The van der Waals surface area contributed by atoms with Gasteiger partial charge in [0.25, 0.3) is 0 Å². The van der Waals surface area contributed by atoms with Crippen molar-refractivity contribution in [3.63, 3.8) is 0 Å². The summed E-state index contributed by atoms with van der Waals surface area (Å²) in [6.07, 6.45) is 0. The number of carbonyl (C=O) groups excluding carboxylic acids is 1. The van der Waals surface area contributed by atoms with Crippen LogP contribution in [0.2, 0.25) is 0 Å². The summed E-state index contributed by atoms with van der Waals surface area (Å²) in [6, 6.07) is 5.78. The summed E-state index contributed by atoms with van der Waals surface area (Å²) in [7, 11) is 0. The molecule has 16 heavy (non-hydrogen) atoms. The van der Waals surface area contributed by atoms with E-state index < -0.39 is 18.0 Å². The minimum atomic E-state index is -1.07. The lowest BCUT2D eigenvalue weighted by molar-refractivity contribution is -0.138. The minimum absolute atomic E-state index is 0.529. The number of carbonyl (C=O) groups is 2. The van der Waals surface area contributed by atoms with Gasteiger partial charge in [-0.05, 0) is 41.6 Å². The molecule has 0 aromatic heterocycles. The molecule has 0 radical (unpaired) electrons. The number of nitrogens with one attached hydrogen (secondary N) is 2. The van der Waals surface area contributed by atoms with Gasteiger partial charge in [-0.1, -0.05) is 12.1 Å². The third-order valence-corrected chi connectivity index (χ3v) is 2.78. The van der Waals surface area contributed by atoms with Gasteiger partial charge in [-0.2, -0.15) is 0 Å². The monoisotopic (exact) mass is 334 g/mol. The number of anilines is 1. The van der Waals surface area contributed by atoms with Crippen LogP contribution in [0, 0.1) is 3.57 Å². The van der Waals surface area contributed by atoms with E-state index >= 15 is 0 Å². The molecule has 86 valence electrons. The van der Waals surface area contributed by atoms with E-state index in [9.17, 15) is 9.59 Å². The molecular weight excluding hydrogens is 323 g/mol. The topological polar surface area (TPSA) is 78.4 Å². The highest BCUT2D eigenvalue weighted by molar-refractivity contribution is 14.1. The highest BCUT2D eigenvalue weighted by Gasteiger charge is 2.14. The lowest BCUT2D eigenvalue weighted by Crippen LogP contribution is -2.40. The number of halogens is 1. The third kappa shape index (κ3) is 3.69. The molecule has 0 aliphatic heterocycles. The third-order valence-electron chi connectivity index (χ3n) is 1.84. The Labute approximate surface area is 106 Å². The van der Waals surface area contributed by atoms with E-state index in [1.165, 1.54) is 6.92 Å². The molecule has 0 unspecified atom stereocenters. The average molecular weight is 334 g/mol. The number of rotatable bonds is 3. The molecule has 0 aliphatic rings. The normalized spacial score (nSPS) is 11.6. The fourth-order valence-electron chi connectivity index (χ4n) is 0.979. The number of carboxylic acid groups (broad SMARTS) is 1. The molecule has 0 aliphatic carbocycles. The summed E-state index contributed by atoms with van der Waals surface area (Å²) in [5.41, 5.74) is 0.651. The number of amides is 2. The predicted molar refractivity (Wildman–Crippen MR) is 68.4 cm³/mol. The molecule has 0 saturated heterocycles. The molecule has 0 bridgehead atoms. The highest BCUT2D eigenvalue weighted by atomic mass is 127. The van der Waals surface area contributed by atoms with Gasteiger partial charge in [-0.25, -0.2) is 4.79 Å². The minimum Gasteiger partial charge on any atom is -0.480 e. The molecule has 1 aromatic rings. The summed E-state index contributed by atoms with van der Waals surface area (Å²) in [6.45, 7) is 1.40. The van der Waals surface area contributed by atoms with Gasteiger partial charge in [0, 0.05) is 3.57 Å². The van der Waals surface area contributed by atoms with Gasteiger partial charge in [-0.15, -0.1) is 0 Å². The van der Waals surface area contributed by atoms with Crippen LogP contribution in [-0.2, 0) is 4.79 Å². The van der Waals surface area contributed by atoms with E-state index in [1.54, 1.807) is 12.1 Å². The fourth-order valence-corrected chi connectivity index (χ4v) is 1.50. The summed E-state index contributed by atoms with van der Waals surface area (Å²) in [5, 5.41) is 13.5. The number of aliphatic carboxylic acids is 1. The fraction of sp³-hybridized carbons (Fsp3) is 0.200. The molecule has 1 atom stereocenters. The van der Waals surface area contributed by atoms with E-state index in [0.29, 0.717) is 5.69 Å². The molecule has 6 heteroatoms. The van der Waals surface area contributed by atoms with Crippen molar-refractivity contribution in [2.45, 2.75) is 13.0 Å². The van der Waals surface area contributed by atoms with E-state index in [1.807, 2.05) is 12.1 Å². The number of hydrogen-bond acceptors (Lipinski definition) is 2. The second kappa shape index (κ2) is 5.69. The van der Waals surface area contributed by atoms with Crippen molar-refractivity contribution >= 4 is 40.3 Å². The Morgan fingerprint density at radius 1 is 1.38 bits per heavy atom. The number of carboxylic acids is 1. The Kier molecular flexibility index (Phi) is 4.53. The quantitative estimate of drug-likeness (QED) is 0.739. The van der Waals surface area contributed by atoms with Crippen LogP contribution in [0.1, 0.15) is 6.92 Å². The molecule has 0 fully saturated rings. The summed E-state index contributed by atoms with van der Waals surface area (Å²) < 4.78 is 0.887. The van der Waals surface area contributed by atoms with E-state index in [0.717, 1.165) is 3.57 Å². The zero-order chi connectivity index (χ0) is 12.1. The number of benzene rings is 1. The SMILES string of the molecule is C[C@@H](NC(=O)Nc1ccccc1I)C(=O)O. The van der Waals surface area contributed by atoms with Crippen LogP contribution in [-0.4, -0.2) is 23.1 Å².